The molecule has 0 aliphatic carbocycles. The van der Waals surface area contributed by atoms with Crippen LogP contribution in [0.15, 0.2) is 35.9 Å². The normalized spacial score (nSPS) is 12.1. The lowest BCUT2D eigenvalue weighted by molar-refractivity contribution is -0.274. The molecule has 0 saturated heterocycles. The zero-order chi connectivity index (χ0) is 15.2. The van der Waals surface area contributed by atoms with Crippen LogP contribution in [0, 0.1) is 0 Å². The molecule has 20 heavy (non-hydrogen) atoms. The molecule has 1 aromatic rings. The van der Waals surface area contributed by atoms with Crippen molar-refractivity contribution < 1.29 is 27.8 Å². The van der Waals surface area contributed by atoms with Gasteiger partial charge in [0.05, 0.1) is 5.69 Å². The summed E-state index contributed by atoms with van der Waals surface area (Å²) in [5.74, 6) is -1.41. The topological polar surface area (TPSA) is 58.6 Å². The summed E-state index contributed by atoms with van der Waals surface area (Å²) in [4.78, 5) is 10.8. The van der Waals surface area contributed by atoms with Crippen LogP contribution in [0.5, 0.6) is 5.75 Å². The summed E-state index contributed by atoms with van der Waals surface area (Å²) in [6.45, 7) is 1.77. The number of anilines is 1. The average Bonchev–Trinajstić information content (AvgIpc) is 2.34. The molecular formula is C13H14F3NO3. The van der Waals surface area contributed by atoms with Crippen molar-refractivity contribution >= 4 is 11.7 Å². The molecule has 0 heterocycles. The Labute approximate surface area is 113 Å². The van der Waals surface area contributed by atoms with E-state index in [9.17, 15) is 18.0 Å². The van der Waals surface area contributed by atoms with E-state index >= 15 is 0 Å². The summed E-state index contributed by atoms with van der Waals surface area (Å²) >= 11 is 0. The number of ether oxygens (including phenoxy) is 1. The van der Waals surface area contributed by atoms with Gasteiger partial charge in [-0.2, -0.15) is 0 Å². The minimum atomic E-state index is -4.77. The van der Waals surface area contributed by atoms with Gasteiger partial charge in [-0.1, -0.05) is 25.1 Å². The molecule has 0 aliphatic heterocycles. The monoisotopic (exact) mass is 289 g/mol. The number of aliphatic carboxylic acids is 1. The number of para-hydroxylation sites is 2. The van der Waals surface area contributed by atoms with Gasteiger partial charge in [-0.3, -0.25) is 0 Å². The summed E-state index contributed by atoms with van der Waals surface area (Å²) in [5.41, 5.74) is 0.327. The molecule has 7 heteroatoms. The summed E-state index contributed by atoms with van der Waals surface area (Å²) in [6, 6.07) is 5.56. The lowest BCUT2D eigenvalue weighted by Gasteiger charge is -2.13. The number of benzene rings is 1. The highest BCUT2D eigenvalue weighted by molar-refractivity contribution is 5.86. The second kappa shape index (κ2) is 6.83. The SMILES string of the molecule is CC/C(=C/CNc1ccccc1OC(F)(F)F)C(=O)O. The van der Waals surface area contributed by atoms with Gasteiger partial charge in [-0.05, 0) is 18.6 Å². The number of halogens is 3. The van der Waals surface area contributed by atoms with E-state index in [1.165, 1.54) is 24.3 Å². The van der Waals surface area contributed by atoms with Crippen LogP contribution in [0.4, 0.5) is 18.9 Å². The van der Waals surface area contributed by atoms with Crippen LogP contribution >= 0.6 is 0 Å². The van der Waals surface area contributed by atoms with Crippen LogP contribution in [0.1, 0.15) is 13.3 Å². The first-order valence-electron chi connectivity index (χ1n) is 5.84. The summed E-state index contributed by atoms with van der Waals surface area (Å²) < 4.78 is 40.4. The predicted octanol–water partition coefficient (Wildman–Crippen LogP) is 3.42. The molecule has 110 valence electrons. The molecule has 0 amide bonds. The van der Waals surface area contributed by atoms with Gasteiger partial charge in [0.2, 0.25) is 0 Å². The minimum Gasteiger partial charge on any atom is -0.478 e. The lowest BCUT2D eigenvalue weighted by atomic mass is 10.2. The first kappa shape index (κ1) is 15.9. The molecule has 0 radical (unpaired) electrons. The van der Waals surface area contributed by atoms with Crippen LogP contribution < -0.4 is 10.1 Å². The van der Waals surface area contributed by atoms with Gasteiger partial charge in [-0.15, -0.1) is 13.2 Å². The molecule has 0 unspecified atom stereocenters. The predicted molar refractivity (Wildman–Crippen MR) is 67.6 cm³/mol. The third-order valence-corrected chi connectivity index (χ3v) is 2.41. The van der Waals surface area contributed by atoms with E-state index in [-0.39, 0.29) is 23.6 Å². The van der Waals surface area contributed by atoms with Gasteiger partial charge < -0.3 is 15.2 Å². The molecule has 1 aromatic carbocycles. The Hall–Kier alpha value is -2.18. The molecule has 0 aromatic heterocycles. The number of carboxylic acids is 1. The van der Waals surface area contributed by atoms with Gasteiger partial charge in [0.25, 0.3) is 0 Å². The maximum absolute atomic E-state index is 12.2. The molecule has 2 N–H and O–H groups in total. The summed E-state index contributed by atoms with van der Waals surface area (Å²) in [5, 5.41) is 11.5. The van der Waals surface area contributed by atoms with Gasteiger partial charge in [0.1, 0.15) is 0 Å². The summed E-state index contributed by atoms with van der Waals surface area (Å²) in [6.07, 6.45) is -3.03. The van der Waals surface area contributed by atoms with E-state index in [4.69, 9.17) is 5.11 Å². The molecule has 0 fully saturated rings. The molecule has 0 bridgehead atoms. The van der Waals surface area contributed by atoms with Gasteiger partial charge in [0, 0.05) is 12.1 Å². The van der Waals surface area contributed by atoms with E-state index in [2.05, 4.69) is 10.1 Å². The number of nitrogens with one attached hydrogen (secondary N) is 1. The van der Waals surface area contributed by atoms with Gasteiger partial charge in [-0.25, -0.2) is 4.79 Å². The maximum atomic E-state index is 12.2. The van der Waals surface area contributed by atoms with Crippen molar-refractivity contribution in [3.63, 3.8) is 0 Å². The van der Waals surface area contributed by atoms with E-state index < -0.39 is 12.3 Å². The first-order valence-corrected chi connectivity index (χ1v) is 5.84. The van der Waals surface area contributed by atoms with Gasteiger partial charge >= 0.3 is 12.3 Å². The second-order valence-electron chi connectivity index (χ2n) is 3.81. The zero-order valence-corrected chi connectivity index (χ0v) is 10.7. The van der Waals surface area contributed by atoms with Crippen LogP contribution in [0.25, 0.3) is 0 Å². The Morgan fingerprint density at radius 1 is 1.40 bits per heavy atom. The number of hydrogen-bond acceptors (Lipinski definition) is 3. The highest BCUT2D eigenvalue weighted by atomic mass is 19.4. The van der Waals surface area contributed by atoms with Crippen molar-refractivity contribution in [3.8, 4) is 5.75 Å². The zero-order valence-electron chi connectivity index (χ0n) is 10.7. The van der Waals surface area contributed by atoms with Crippen molar-refractivity contribution in [1.29, 1.82) is 0 Å². The minimum absolute atomic E-state index is 0.0910. The maximum Gasteiger partial charge on any atom is 0.573 e. The Morgan fingerprint density at radius 2 is 2.05 bits per heavy atom. The summed E-state index contributed by atoms with van der Waals surface area (Å²) in [7, 11) is 0. The molecule has 1 rings (SSSR count). The number of carboxylic acid groups (broad SMARTS) is 1. The average molecular weight is 289 g/mol. The smallest absolute Gasteiger partial charge is 0.478 e. The molecule has 4 nitrogen and oxygen atoms in total. The first-order chi connectivity index (χ1) is 9.33. The Bertz CT molecular complexity index is 498. The fourth-order valence-corrected chi connectivity index (χ4v) is 1.49. The van der Waals surface area contributed by atoms with Crippen molar-refractivity contribution in [2.45, 2.75) is 19.7 Å². The van der Waals surface area contributed by atoms with Crippen LogP contribution in [-0.2, 0) is 4.79 Å². The van der Waals surface area contributed by atoms with E-state index in [1.807, 2.05) is 0 Å². The highest BCUT2D eigenvalue weighted by Gasteiger charge is 2.31. The quantitative estimate of drug-likeness (QED) is 0.788. The third kappa shape index (κ3) is 5.21. The second-order valence-corrected chi connectivity index (χ2v) is 3.81. The van der Waals surface area contributed by atoms with Crippen LogP contribution in [0.3, 0.4) is 0 Å². The third-order valence-electron chi connectivity index (χ3n) is 2.41. The lowest BCUT2D eigenvalue weighted by Crippen LogP contribution is -2.18. The molecule has 0 spiro atoms. The van der Waals surface area contributed by atoms with Crippen molar-refractivity contribution in [3.05, 3.63) is 35.9 Å². The fourth-order valence-electron chi connectivity index (χ4n) is 1.49. The van der Waals surface area contributed by atoms with Crippen LogP contribution in [0.2, 0.25) is 0 Å². The Balaban J connectivity index is 2.76. The molecular weight excluding hydrogens is 275 g/mol. The molecule has 0 aliphatic rings. The van der Waals surface area contributed by atoms with E-state index in [0.29, 0.717) is 6.42 Å². The standard InChI is InChI=1S/C13H14F3NO3/c1-2-9(12(18)19)7-8-17-10-5-3-4-6-11(10)20-13(14,15)16/h3-7,17H,2,8H2,1H3,(H,18,19)/b9-7-. The Morgan fingerprint density at radius 3 is 2.60 bits per heavy atom. The van der Waals surface area contributed by atoms with Crippen LogP contribution in [-0.4, -0.2) is 24.0 Å². The van der Waals surface area contributed by atoms with E-state index in [0.717, 1.165) is 0 Å². The number of carbonyl (C=O) groups is 1. The molecule has 0 saturated carbocycles. The number of hydrogen-bond donors (Lipinski definition) is 2. The largest absolute Gasteiger partial charge is 0.573 e. The number of alkyl halides is 3. The van der Waals surface area contributed by atoms with Crippen molar-refractivity contribution in [2.75, 3.05) is 11.9 Å². The highest BCUT2D eigenvalue weighted by Crippen LogP contribution is 2.29. The number of rotatable bonds is 6. The van der Waals surface area contributed by atoms with E-state index in [1.54, 1.807) is 13.0 Å². The Kier molecular flexibility index (Phi) is 5.42. The molecule has 0 atom stereocenters. The van der Waals surface area contributed by atoms with Gasteiger partial charge in [0.15, 0.2) is 5.75 Å². The fraction of sp³-hybridized carbons (Fsp3) is 0.308. The van der Waals surface area contributed by atoms with Crippen molar-refractivity contribution in [1.82, 2.24) is 0 Å². The van der Waals surface area contributed by atoms with Crippen molar-refractivity contribution in [2.24, 2.45) is 0 Å².